The first-order chi connectivity index (χ1) is 17.3. The molecular formula is C22H20N6O6S2. The average molecular weight is 529 g/mol. The van der Waals surface area contributed by atoms with Crippen LogP contribution >= 0.6 is 23.1 Å². The number of oxime groups is 1. The van der Waals surface area contributed by atoms with E-state index < -0.39 is 29.2 Å². The zero-order valence-electron chi connectivity index (χ0n) is 19.1. The maximum Gasteiger partial charge on any atom is 0.276 e. The van der Waals surface area contributed by atoms with Gasteiger partial charge in [-0.15, -0.1) is 23.1 Å². The lowest BCUT2D eigenvalue weighted by Crippen LogP contribution is -2.71. The molecular weight excluding hydrogens is 508 g/mol. The molecule has 0 saturated carbocycles. The van der Waals surface area contributed by atoms with E-state index in [1.54, 1.807) is 17.6 Å². The highest BCUT2D eigenvalue weighted by Gasteiger charge is 2.53. The van der Waals surface area contributed by atoms with Crippen molar-refractivity contribution in [2.75, 3.05) is 18.6 Å². The number of pyridine rings is 1. The largest absolute Gasteiger partial charge is 0.543 e. The maximum atomic E-state index is 13.0. The molecule has 186 valence electrons. The van der Waals surface area contributed by atoms with Crippen molar-refractivity contribution in [3.05, 3.63) is 52.6 Å². The maximum absolute atomic E-state index is 13.0. The fourth-order valence-corrected chi connectivity index (χ4v) is 6.06. The van der Waals surface area contributed by atoms with Gasteiger partial charge in [0.05, 0.1) is 17.1 Å². The highest BCUT2D eigenvalue weighted by Crippen LogP contribution is 2.40. The molecule has 5 rings (SSSR count). The third kappa shape index (κ3) is 4.18. The summed E-state index contributed by atoms with van der Waals surface area (Å²) in [4.78, 5) is 47.9. The first-order valence-corrected chi connectivity index (χ1v) is 12.6. The van der Waals surface area contributed by atoms with Crippen LogP contribution in [0.3, 0.4) is 0 Å². The van der Waals surface area contributed by atoms with Crippen molar-refractivity contribution in [1.82, 2.24) is 15.2 Å². The number of carbonyl (C=O) groups is 3. The van der Waals surface area contributed by atoms with Gasteiger partial charge < -0.3 is 30.2 Å². The average Bonchev–Trinajstić information content (AvgIpc) is 3.44. The summed E-state index contributed by atoms with van der Waals surface area (Å²) in [7, 11) is 1.28. The quantitative estimate of drug-likeness (QED) is 0.178. The van der Waals surface area contributed by atoms with E-state index in [0.717, 1.165) is 28.1 Å². The van der Waals surface area contributed by atoms with Gasteiger partial charge in [0.2, 0.25) is 0 Å². The number of nitrogens with zero attached hydrogens (tertiary/aromatic N) is 4. The Kier molecular flexibility index (Phi) is 6.14. The SMILES string of the molecule is CON=C(C(=O)NC1C(=O)N2C(C(=O)[O-])=C(C[n+]3ccc4oc(C)cc4c3)CS[C@H]12)c1csc(N)n1. The number of amides is 2. The number of rotatable bonds is 7. The summed E-state index contributed by atoms with van der Waals surface area (Å²) in [5, 5.41) is 20.5. The van der Waals surface area contributed by atoms with Gasteiger partial charge in [0.15, 0.2) is 29.8 Å². The minimum absolute atomic E-state index is 0.143. The topological polar surface area (TPSA) is 167 Å². The number of hydrogen-bond donors (Lipinski definition) is 2. The van der Waals surface area contributed by atoms with Gasteiger partial charge in [0, 0.05) is 22.8 Å². The molecule has 0 bridgehead atoms. The Labute approximate surface area is 212 Å². The van der Waals surface area contributed by atoms with Gasteiger partial charge >= 0.3 is 0 Å². The number of thioether (sulfide) groups is 1. The lowest BCUT2D eigenvalue weighted by atomic mass is 10.0. The van der Waals surface area contributed by atoms with Gasteiger partial charge in [-0.2, -0.15) is 0 Å². The number of carbonyl (C=O) groups excluding carboxylic acids is 3. The number of nitrogen functional groups attached to an aromatic ring is 1. The Balaban J connectivity index is 1.36. The zero-order valence-corrected chi connectivity index (χ0v) is 20.7. The summed E-state index contributed by atoms with van der Waals surface area (Å²) in [5.74, 6) is -1.60. The molecule has 0 radical (unpaired) electrons. The molecule has 3 N–H and O–H groups in total. The number of thiazole rings is 1. The van der Waals surface area contributed by atoms with Gasteiger partial charge in [-0.3, -0.25) is 14.5 Å². The molecule has 3 aromatic rings. The van der Waals surface area contributed by atoms with Crippen molar-refractivity contribution >= 4 is 62.7 Å². The monoisotopic (exact) mass is 528 g/mol. The Bertz CT molecular complexity index is 1460. The molecule has 1 unspecified atom stereocenters. The first kappa shape index (κ1) is 23.8. The predicted molar refractivity (Wildman–Crippen MR) is 128 cm³/mol. The van der Waals surface area contributed by atoms with E-state index in [4.69, 9.17) is 15.0 Å². The van der Waals surface area contributed by atoms with E-state index in [2.05, 4.69) is 15.5 Å². The van der Waals surface area contributed by atoms with Crippen LogP contribution in [0.5, 0.6) is 0 Å². The fourth-order valence-electron chi connectivity index (χ4n) is 4.18. The van der Waals surface area contributed by atoms with Crippen LogP contribution in [0.25, 0.3) is 11.0 Å². The molecule has 5 heterocycles. The molecule has 1 fully saturated rings. The number of carboxylic acid groups (broad SMARTS) is 1. The normalized spacial score (nSPS) is 19.8. The molecule has 14 heteroatoms. The van der Waals surface area contributed by atoms with Crippen molar-refractivity contribution in [3.8, 4) is 0 Å². The number of anilines is 1. The second-order valence-corrected chi connectivity index (χ2v) is 10.1. The lowest BCUT2D eigenvalue weighted by Gasteiger charge is -2.50. The molecule has 2 amide bonds. The molecule has 2 aliphatic rings. The van der Waals surface area contributed by atoms with E-state index in [0.29, 0.717) is 11.3 Å². The van der Waals surface area contributed by atoms with Crippen molar-refractivity contribution in [3.63, 3.8) is 0 Å². The predicted octanol–water partition coefficient (Wildman–Crippen LogP) is -0.478. The van der Waals surface area contributed by atoms with Crippen molar-refractivity contribution in [1.29, 1.82) is 0 Å². The molecule has 12 nitrogen and oxygen atoms in total. The van der Waals surface area contributed by atoms with Crippen LogP contribution in [0, 0.1) is 6.92 Å². The fraction of sp³-hybridized carbons (Fsp3) is 0.273. The third-order valence-corrected chi connectivity index (χ3v) is 7.71. The van der Waals surface area contributed by atoms with E-state index in [1.165, 1.54) is 23.8 Å². The van der Waals surface area contributed by atoms with Crippen LogP contribution in [0.1, 0.15) is 11.5 Å². The Morgan fingerprint density at radius 3 is 2.97 bits per heavy atom. The number of aliphatic carboxylic acids is 1. The minimum atomic E-state index is -1.45. The van der Waals surface area contributed by atoms with E-state index in [9.17, 15) is 19.5 Å². The smallest absolute Gasteiger partial charge is 0.276 e. The third-order valence-electron chi connectivity index (χ3n) is 5.70. The van der Waals surface area contributed by atoms with Crippen LogP contribution in [-0.2, 0) is 25.8 Å². The number of aromatic nitrogens is 2. The molecule has 0 spiro atoms. The summed E-state index contributed by atoms with van der Waals surface area (Å²) >= 11 is 2.48. The van der Waals surface area contributed by atoms with E-state index in [-0.39, 0.29) is 28.8 Å². The second-order valence-electron chi connectivity index (χ2n) is 8.09. The molecule has 36 heavy (non-hydrogen) atoms. The summed E-state index contributed by atoms with van der Waals surface area (Å²) in [5.41, 5.74) is 6.78. The van der Waals surface area contributed by atoms with Crippen molar-refractivity contribution in [2.24, 2.45) is 5.16 Å². The number of aryl methyl sites for hydroxylation is 1. The van der Waals surface area contributed by atoms with Gasteiger partial charge in [0.1, 0.15) is 35.6 Å². The number of hydrogen-bond acceptors (Lipinski definition) is 11. The molecule has 2 atom stereocenters. The Hall–Kier alpha value is -3.91. The van der Waals surface area contributed by atoms with Gasteiger partial charge in [0.25, 0.3) is 11.8 Å². The number of nitrogens with two attached hydrogens (primary N) is 1. The second kappa shape index (κ2) is 9.28. The Morgan fingerprint density at radius 2 is 2.28 bits per heavy atom. The molecule has 0 aromatic carbocycles. The van der Waals surface area contributed by atoms with Crippen LogP contribution in [0.4, 0.5) is 5.13 Å². The minimum Gasteiger partial charge on any atom is -0.543 e. The van der Waals surface area contributed by atoms with Gasteiger partial charge in [-0.05, 0) is 13.0 Å². The Morgan fingerprint density at radius 1 is 1.47 bits per heavy atom. The van der Waals surface area contributed by atoms with Crippen LogP contribution < -0.4 is 20.7 Å². The number of nitrogens with one attached hydrogen (secondary N) is 1. The van der Waals surface area contributed by atoms with Crippen molar-refractivity contribution in [2.45, 2.75) is 24.9 Å². The van der Waals surface area contributed by atoms with Crippen LogP contribution in [0.2, 0.25) is 0 Å². The number of furan rings is 1. The summed E-state index contributed by atoms with van der Waals surface area (Å²) in [6, 6.07) is 2.74. The van der Waals surface area contributed by atoms with E-state index >= 15 is 0 Å². The number of carboxylic acids is 1. The number of β-lactam (4-membered cyclic amide) rings is 1. The first-order valence-electron chi connectivity index (χ1n) is 10.7. The molecule has 0 aliphatic carbocycles. The molecule has 2 aliphatic heterocycles. The highest BCUT2D eigenvalue weighted by atomic mass is 32.2. The summed E-state index contributed by atoms with van der Waals surface area (Å²) in [6.07, 6.45) is 3.64. The lowest BCUT2D eigenvalue weighted by molar-refractivity contribution is -0.687. The number of fused-ring (bicyclic) bond motifs is 2. The summed E-state index contributed by atoms with van der Waals surface area (Å²) < 4.78 is 7.41. The van der Waals surface area contributed by atoms with Gasteiger partial charge in [-0.1, -0.05) is 5.16 Å². The van der Waals surface area contributed by atoms with Crippen LogP contribution in [0.15, 0.2) is 50.7 Å². The molecule has 3 aromatic heterocycles. The van der Waals surface area contributed by atoms with Gasteiger partial charge in [-0.25, -0.2) is 9.55 Å². The molecule has 1 saturated heterocycles. The van der Waals surface area contributed by atoms with E-state index in [1.807, 2.05) is 23.8 Å². The highest BCUT2D eigenvalue weighted by molar-refractivity contribution is 8.00. The van der Waals surface area contributed by atoms with Crippen LogP contribution in [-0.4, -0.2) is 57.7 Å². The summed E-state index contributed by atoms with van der Waals surface area (Å²) in [6.45, 7) is 2.10. The zero-order chi connectivity index (χ0) is 25.6. The van der Waals surface area contributed by atoms with Crippen molar-refractivity contribution < 1.29 is 33.3 Å². The standard InChI is InChI=1S/C22H20N6O6S2/c1-10-5-11-6-27(4-3-14(11)34-10)7-12-8-35-20-16(19(30)28(20)17(12)21(31)32)25-18(29)15(26-33-2)13-9-36-22(23)24-13/h3-6,9,16,20H,7-8H2,1-2H3,(H3-,23,24,25,29,31,32)/t16?,20-/m1/s1.